The van der Waals surface area contributed by atoms with Crippen LogP contribution < -0.4 is 5.32 Å². The van der Waals surface area contributed by atoms with Gasteiger partial charge in [0.1, 0.15) is 0 Å². The number of allylic oxidation sites excluding steroid dienone is 2. The normalized spacial score (nSPS) is 28.8. The highest BCUT2D eigenvalue weighted by Crippen LogP contribution is 2.07. The molecule has 1 nitrogen and oxygen atoms in total. The molecule has 8 heavy (non-hydrogen) atoms. The van der Waals surface area contributed by atoms with Crippen molar-refractivity contribution in [1.82, 2.24) is 5.32 Å². The monoisotopic (exact) mass is 111 g/mol. The van der Waals surface area contributed by atoms with Crippen molar-refractivity contribution in [3.05, 3.63) is 11.8 Å². The molecular formula is C7H13N. The molecule has 0 fully saturated rings. The van der Waals surface area contributed by atoms with Crippen LogP contribution in [-0.2, 0) is 0 Å². The van der Waals surface area contributed by atoms with Crippen LogP contribution in [0.25, 0.3) is 0 Å². The number of rotatable bonds is 0. The van der Waals surface area contributed by atoms with Gasteiger partial charge in [-0.05, 0) is 26.7 Å². The molecule has 1 aliphatic heterocycles. The van der Waals surface area contributed by atoms with Gasteiger partial charge in [-0.3, -0.25) is 0 Å². The van der Waals surface area contributed by atoms with Crippen LogP contribution in [0, 0.1) is 0 Å². The summed E-state index contributed by atoms with van der Waals surface area (Å²) in [4.78, 5) is 0. The highest BCUT2D eigenvalue weighted by molar-refractivity contribution is 5.00. The van der Waals surface area contributed by atoms with Gasteiger partial charge in [-0.15, -0.1) is 0 Å². The molecule has 0 spiro atoms. The van der Waals surface area contributed by atoms with Crippen molar-refractivity contribution >= 4 is 0 Å². The van der Waals surface area contributed by atoms with Crippen LogP contribution >= 0.6 is 0 Å². The van der Waals surface area contributed by atoms with Crippen LogP contribution in [0.5, 0.6) is 0 Å². The minimum Gasteiger partial charge on any atom is -0.386 e. The third kappa shape index (κ3) is 1.25. The number of hydrogen-bond donors (Lipinski definition) is 1. The van der Waals surface area contributed by atoms with E-state index < -0.39 is 0 Å². The average Bonchev–Trinajstić information content (AvgIpc) is 1.64. The summed E-state index contributed by atoms with van der Waals surface area (Å²) >= 11 is 0. The maximum Gasteiger partial charge on any atom is 0.0232 e. The quantitative estimate of drug-likeness (QED) is 0.501. The first-order valence-corrected chi connectivity index (χ1v) is 3.22. The van der Waals surface area contributed by atoms with Gasteiger partial charge in [-0.2, -0.15) is 0 Å². The minimum atomic E-state index is 0.694. The van der Waals surface area contributed by atoms with Crippen molar-refractivity contribution in [2.45, 2.75) is 32.7 Å². The van der Waals surface area contributed by atoms with Crippen molar-refractivity contribution in [3.8, 4) is 0 Å². The van der Waals surface area contributed by atoms with Gasteiger partial charge in [0.2, 0.25) is 0 Å². The van der Waals surface area contributed by atoms with Gasteiger partial charge in [0.25, 0.3) is 0 Å². The number of hydrogen-bond acceptors (Lipinski definition) is 1. The van der Waals surface area contributed by atoms with E-state index in [1.165, 1.54) is 18.5 Å². The lowest BCUT2D eigenvalue weighted by molar-refractivity contribution is 0.544. The predicted octanol–water partition coefficient (Wildman–Crippen LogP) is 1.66. The first-order valence-electron chi connectivity index (χ1n) is 3.22. The Hall–Kier alpha value is -0.460. The van der Waals surface area contributed by atoms with E-state index >= 15 is 0 Å². The summed E-state index contributed by atoms with van der Waals surface area (Å²) < 4.78 is 0. The van der Waals surface area contributed by atoms with E-state index in [1.54, 1.807) is 0 Å². The van der Waals surface area contributed by atoms with E-state index in [9.17, 15) is 0 Å². The Morgan fingerprint density at radius 2 is 2.50 bits per heavy atom. The molecule has 1 atom stereocenters. The van der Waals surface area contributed by atoms with Crippen molar-refractivity contribution in [2.75, 3.05) is 0 Å². The molecule has 0 bridgehead atoms. The molecular weight excluding hydrogens is 98.1 g/mol. The third-order valence-corrected chi connectivity index (χ3v) is 1.52. The lowest BCUT2D eigenvalue weighted by Crippen LogP contribution is -2.26. The Balaban J connectivity index is 2.45. The van der Waals surface area contributed by atoms with Crippen molar-refractivity contribution in [3.63, 3.8) is 0 Å². The third-order valence-electron chi connectivity index (χ3n) is 1.52. The fourth-order valence-electron chi connectivity index (χ4n) is 1.07. The molecule has 1 heteroatoms. The molecule has 0 saturated heterocycles. The summed E-state index contributed by atoms with van der Waals surface area (Å²) in [5.41, 5.74) is 1.34. The van der Waals surface area contributed by atoms with Crippen molar-refractivity contribution in [1.29, 1.82) is 0 Å². The molecule has 0 aliphatic carbocycles. The molecule has 1 heterocycles. The highest BCUT2D eigenvalue weighted by atomic mass is 14.9. The Kier molecular flexibility index (Phi) is 1.56. The first-order chi connectivity index (χ1) is 3.79. The van der Waals surface area contributed by atoms with E-state index in [4.69, 9.17) is 0 Å². The zero-order chi connectivity index (χ0) is 5.98. The molecule has 46 valence electrons. The molecule has 1 rings (SSSR count). The van der Waals surface area contributed by atoms with Crippen LogP contribution in [0.15, 0.2) is 11.8 Å². The number of nitrogens with one attached hydrogen (secondary N) is 1. The van der Waals surface area contributed by atoms with E-state index in [2.05, 4.69) is 25.2 Å². The SMILES string of the molecule is CC1=CCCC(C)N1. The summed E-state index contributed by atoms with van der Waals surface area (Å²) in [6.45, 7) is 4.34. The molecule has 0 aromatic heterocycles. The smallest absolute Gasteiger partial charge is 0.0232 e. The van der Waals surface area contributed by atoms with Crippen molar-refractivity contribution in [2.24, 2.45) is 0 Å². The fourth-order valence-corrected chi connectivity index (χ4v) is 1.07. The molecule has 0 amide bonds. The maximum atomic E-state index is 3.34. The summed E-state index contributed by atoms with van der Waals surface area (Å²) in [6.07, 6.45) is 4.79. The topological polar surface area (TPSA) is 12.0 Å². The Labute approximate surface area is 50.8 Å². The van der Waals surface area contributed by atoms with E-state index in [-0.39, 0.29) is 0 Å². The van der Waals surface area contributed by atoms with Gasteiger partial charge < -0.3 is 5.32 Å². The summed E-state index contributed by atoms with van der Waals surface area (Å²) in [7, 11) is 0. The first kappa shape index (κ1) is 5.67. The second kappa shape index (κ2) is 2.21. The van der Waals surface area contributed by atoms with Crippen molar-refractivity contribution < 1.29 is 0 Å². The maximum absolute atomic E-state index is 3.34. The molecule has 0 saturated carbocycles. The molecule has 1 aliphatic rings. The second-order valence-corrected chi connectivity index (χ2v) is 2.51. The molecule has 0 aromatic rings. The van der Waals surface area contributed by atoms with Gasteiger partial charge >= 0.3 is 0 Å². The summed E-state index contributed by atoms with van der Waals surface area (Å²) in [6, 6.07) is 0.694. The van der Waals surface area contributed by atoms with Gasteiger partial charge in [0.15, 0.2) is 0 Å². The van der Waals surface area contributed by atoms with Gasteiger partial charge in [-0.25, -0.2) is 0 Å². The van der Waals surface area contributed by atoms with Crippen LogP contribution in [-0.4, -0.2) is 6.04 Å². The Morgan fingerprint density at radius 1 is 1.75 bits per heavy atom. The standard InChI is InChI=1S/C7H13N/c1-6-4-3-5-7(2)8-6/h4,7-8H,3,5H2,1-2H3. The van der Waals surface area contributed by atoms with E-state index in [1.807, 2.05) is 0 Å². The lowest BCUT2D eigenvalue weighted by atomic mass is 10.1. The highest BCUT2D eigenvalue weighted by Gasteiger charge is 2.03. The van der Waals surface area contributed by atoms with Crippen LogP contribution in [0.3, 0.4) is 0 Å². The zero-order valence-corrected chi connectivity index (χ0v) is 5.57. The summed E-state index contributed by atoms with van der Waals surface area (Å²) in [5, 5.41) is 3.34. The molecule has 0 radical (unpaired) electrons. The average molecular weight is 111 g/mol. The Bertz CT molecular complexity index is 105. The second-order valence-electron chi connectivity index (χ2n) is 2.51. The fraction of sp³-hybridized carbons (Fsp3) is 0.714. The zero-order valence-electron chi connectivity index (χ0n) is 5.57. The van der Waals surface area contributed by atoms with Gasteiger partial charge in [0, 0.05) is 11.7 Å². The van der Waals surface area contributed by atoms with E-state index in [0.29, 0.717) is 6.04 Å². The Morgan fingerprint density at radius 3 is 2.88 bits per heavy atom. The lowest BCUT2D eigenvalue weighted by Gasteiger charge is -2.19. The summed E-state index contributed by atoms with van der Waals surface area (Å²) in [5.74, 6) is 0. The molecule has 1 unspecified atom stereocenters. The van der Waals surface area contributed by atoms with Gasteiger partial charge in [-0.1, -0.05) is 6.08 Å². The molecule has 1 N–H and O–H groups in total. The van der Waals surface area contributed by atoms with Crippen LogP contribution in [0.2, 0.25) is 0 Å². The van der Waals surface area contributed by atoms with Crippen LogP contribution in [0.4, 0.5) is 0 Å². The van der Waals surface area contributed by atoms with Gasteiger partial charge in [0.05, 0.1) is 0 Å². The molecule has 0 aromatic carbocycles. The van der Waals surface area contributed by atoms with Crippen LogP contribution in [0.1, 0.15) is 26.7 Å². The van der Waals surface area contributed by atoms with E-state index in [0.717, 1.165) is 0 Å². The predicted molar refractivity (Wildman–Crippen MR) is 35.6 cm³/mol. The minimum absolute atomic E-state index is 0.694. The largest absolute Gasteiger partial charge is 0.386 e.